The molecule has 3 aromatic carbocycles. The Morgan fingerprint density at radius 1 is 1.04 bits per heavy atom. The van der Waals surface area contributed by atoms with Crippen LogP contribution >= 0.6 is 11.6 Å². The first kappa shape index (κ1) is 16.8. The highest BCUT2D eigenvalue weighted by Gasteiger charge is 2.35. The van der Waals surface area contributed by atoms with Gasteiger partial charge in [-0.1, -0.05) is 41.9 Å². The Labute approximate surface area is 166 Å². The van der Waals surface area contributed by atoms with Crippen LogP contribution in [0.5, 0.6) is 0 Å². The van der Waals surface area contributed by atoms with Gasteiger partial charge in [0.2, 0.25) is 0 Å². The van der Waals surface area contributed by atoms with Gasteiger partial charge in [-0.15, -0.1) is 0 Å². The van der Waals surface area contributed by atoms with Crippen LogP contribution in [0.25, 0.3) is 22.2 Å². The minimum absolute atomic E-state index is 0.202. The predicted molar refractivity (Wildman–Crippen MR) is 110 cm³/mol. The lowest BCUT2D eigenvalue weighted by molar-refractivity contribution is 0.179. The molecule has 6 heteroatoms. The third-order valence-corrected chi connectivity index (χ3v) is 5.22. The van der Waals surface area contributed by atoms with E-state index < -0.39 is 0 Å². The van der Waals surface area contributed by atoms with Gasteiger partial charge in [-0.05, 0) is 53.1 Å². The molecule has 5 rings (SSSR count). The Bertz CT molecular complexity index is 1190. The van der Waals surface area contributed by atoms with E-state index in [1.165, 1.54) is 0 Å². The van der Waals surface area contributed by atoms with Crippen molar-refractivity contribution in [3.05, 3.63) is 83.6 Å². The van der Waals surface area contributed by atoms with Crippen LogP contribution in [0.15, 0.2) is 73.1 Å². The molecule has 0 saturated carbocycles. The Balaban J connectivity index is 1.54. The lowest BCUT2D eigenvalue weighted by Crippen LogP contribution is -2.27. The lowest BCUT2D eigenvalue weighted by Gasteiger charge is -2.22. The van der Waals surface area contributed by atoms with E-state index in [0.717, 1.165) is 33.4 Å². The number of hydrogen-bond acceptors (Lipinski definition) is 3. The van der Waals surface area contributed by atoms with Gasteiger partial charge in [0.15, 0.2) is 0 Å². The summed E-state index contributed by atoms with van der Waals surface area (Å²) in [6.45, 7) is 0.304. The SMILES string of the molecule is O=C1OCC(c2cccc(-c3cccc(Cl)c3)c2)N1c1ccc2nc[nH]c2c1. The minimum atomic E-state index is -0.350. The van der Waals surface area contributed by atoms with Gasteiger partial charge in [0.25, 0.3) is 0 Å². The number of ether oxygens (including phenoxy) is 1. The summed E-state index contributed by atoms with van der Waals surface area (Å²) in [7, 11) is 0. The quantitative estimate of drug-likeness (QED) is 0.497. The number of nitrogens with one attached hydrogen (secondary N) is 1. The summed E-state index contributed by atoms with van der Waals surface area (Å²) in [6.07, 6.45) is 1.29. The van der Waals surface area contributed by atoms with Crippen molar-refractivity contribution in [2.24, 2.45) is 0 Å². The molecule has 28 heavy (non-hydrogen) atoms. The molecule has 1 saturated heterocycles. The number of amides is 1. The number of imidazole rings is 1. The van der Waals surface area contributed by atoms with Gasteiger partial charge in [-0.2, -0.15) is 0 Å². The van der Waals surface area contributed by atoms with Gasteiger partial charge < -0.3 is 9.72 Å². The van der Waals surface area contributed by atoms with Gasteiger partial charge in [0.1, 0.15) is 6.61 Å². The fourth-order valence-corrected chi connectivity index (χ4v) is 3.81. The van der Waals surface area contributed by atoms with E-state index in [9.17, 15) is 4.79 Å². The molecule has 0 aliphatic carbocycles. The van der Waals surface area contributed by atoms with Crippen molar-refractivity contribution in [1.82, 2.24) is 9.97 Å². The highest BCUT2D eigenvalue weighted by Crippen LogP contribution is 2.35. The smallest absolute Gasteiger partial charge is 0.415 e. The zero-order valence-electron chi connectivity index (χ0n) is 14.8. The molecule has 1 fully saturated rings. The Morgan fingerprint density at radius 3 is 2.71 bits per heavy atom. The normalized spacial score (nSPS) is 16.5. The fraction of sp³-hybridized carbons (Fsp3) is 0.0909. The summed E-state index contributed by atoms with van der Waals surface area (Å²) in [5, 5.41) is 0.691. The minimum Gasteiger partial charge on any atom is -0.447 e. The first-order valence-corrected chi connectivity index (χ1v) is 9.32. The maximum absolute atomic E-state index is 12.5. The van der Waals surface area contributed by atoms with Crippen LogP contribution in [0.1, 0.15) is 11.6 Å². The van der Waals surface area contributed by atoms with Gasteiger partial charge in [0.05, 0.1) is 29.1 Å². The number of carbonyl (C=O) groups excluding carboxylic acids is 1. The van der Waals surface area contributed by atoms with E-state index in [0.29, 0.717) is 11.6 Å². The zero-order valence-corrected chi connectivity index (χ0v) is 15.6. The van der Waals surface area contributed by atoms with Crippen molar-refractivity contribution in [1.29, 1.82) is 0 Å². The molecule has 0 radical (unpaired) electrons. The molecular weight excluding hydrogens is 374 g/mol. The number of cyclic esters (lactones) is 1. The molecule has 1 unspecified atom stereocenters. The standard InChI is InChI=1S/C22H16ClN3O2/c23-17-6-2-4-15(10-17)14-3-1-5-16(9-14)21-12-28-22(27)26(21)18-7-8-19-20(11-18)25-13-24-19/h1-11,13,21H,12H2,(H,24,25). The number of benzene rings is 3. The number of carbonyl (C=O) groups is 1. The first-order valence-electron chi connectivity index (χ1n) is 8.94. The fourth-order valence-electron chi connectivity index (χ4n) is 3.62. The van der Waals surface area contributed by atoms with Crippen molar-refractivity contribution in [2.45, 2.75) is 6.04 Å². The van der Waals surface area contributed by atoms with E-state index in [-0.39, 0.29) is 12.1 Å². The van der Waals surface area contributed by atoms with Crippen LogP contribution in [0.2, 0.25) is 5.02 Å². The van der Waals surface area contributed by atoms with Gasteiger partial charge >= 0.3 is 6.09 Å². The maximum atomic E-state index is 12.5. The molecule has 0 bridgehead atoms. The predicted octanol–water partition coefficient (Wildman–Crippen LogP) is 5.58. The monoisotopic (exact) mass is 389 g/mol. The van der Waals surface area contributed by atoms with Gasteiger partial charge in [-0.25, -0.2) is 9.78 Å². The van der Waals surface area contributed by atoms with E-state index in [4.69, 9.17) is 16.3 Å². The zero-order chi connectivity index (χ0) is 19.1. The third-order valence-electron chi connectivity index (χ3n) is 4.98. The number of nitrogens with zero attached hydrogens (tertiary/aromatic N) is 2. The number of hydrogen-bond donors (Lipinski definition) is 1. The Hall–Kier alpha value is -3.31. The van der Waals surface area contributed by atoms with Crippen LogP contribution in [0.4, 0.5) is 10.5 Å². The van der Waals surface area contributed by atoms with E-state index in [2.05, 4.69) is 16.0 Å². The number of rotatable bonds is 3. The second-order valence-electron chi connectivity index (χ2n) is 6.70. The topological polar surface area (TPSA) is 58.2 Å². The second-order valence-corrected chi connectivity index (χ2v) is 7.14. The van der Waals surface area contributed by atoms with Crippen LogP contribution in [0.3, 0.4) is 0 Å². The summed E-state index contributed by atoms with van der Waals surface area (Å²) >= 11 is 6.14. The van der Waals surface area contributed by atoms with Crippen molar-refractivity contribution >= 4 is 34.4 Å². The third kappa shape index (κ3) is 2.90. The number of H-pyrrole nitrogens is 1. The summed E-state index contributed by atoms with van der Waals surface area (Å²) in [6, 6.07) is 21.4. The molecule has 1 atom stereocenters. The Morgan fingerprint density at radius 2 is 1.86 bits per heavy atom. The molecule has 5 nitrogen and oxygen atoms in total. The Kier molecular flexibility index (Phi) is 4.02. The summed E-state index contributed by atoms with van der Waals surface area (Å²) in [4.78, 5) is 21.5. The van der Waals surface area contributed by atoms with Crippen molar-refractivity contribution in [3.63, 3.8) is 0 Å². The number of aromatic nitrogens is 2. The summed E-state index contributed by atoms with van der Waals surface area (Å²) in [5.41, 5.74) is 5.60. The molecule has 1 aromatic heterocycles. The van der Waals surface area contributed by atoms with Crippen molar-refractivity contribution in [2.75, 3.05) is 11.5 Å². The molecule has 0 spiro atoms. The van der Waals surface area contributed by atoms with E-state index in [1.54, 1.807) is 11.2 Å². The van der Waals surface area contributed by atoms with Crippen molar-refractivity contribution in [3.8, 4) is 11.1 Å². The molecule has 2 heterocycles. The average Bonchev–Trinajstić information content (AvgIpc) is 3.34. The number of aromatic amines is 1. The van der Waals surface area contributed by atoms with Gasteiger partial charge in [-0.3, -0.25) is 4.90 Å². The number of fused-ring (bicyclic) bond motifs is 1. The molecular formula is C22H16ClN3O2. The second kappa shape index (κ2) is 6.69. The number of anilines is 1. The van der Waals surface area contributed by atoms with E-state index >= 15 is 0 Å². The summed E-state index contributed by atoms with van der Waals surface area (Å²) in [5.74, 6) is 0. The average molecular weight is 390 g/mol. The van der Waals surface area contributed by atoms with Gasteiger partial charge in [0, 0.05) is 5.02 Å². The highest BCUT2D eigenvalue weighted by atomic mass is 35.5. The molecule has 1 aliphatic heterocycles. The van der Waals surface area contributed by atoms with Crippen LogP contribution in [0, 0.1) is 0 Å². The molecule has 138 valence electrons. The van der Waals surface area contributed by atoms with Crippen LogP contribution in [-0.2, 0) is 4.74 Å². The largest absolute Gasteiger partial charge is 0.447 e. The number of halogens is 1. The molecule has 4 aromatic rings. The summed E-state index contributed by atoms with van der Waals surface area (Å²) < 4.78 is 5.39. The first-order chi connectivity index (χ1) is 13.7. The lowest BCUT2D eigenvalue weighted by atomic mass is 9.99. The van der Waals surface area contributed by atoms with Crippen molar-refractivity contribution < 1.29 is 9.53 Å². The maximum Gasteiger partial charge on any atom is 0.415 e. The highest BCUT2D eigenvalue weighted by molar-refractivity contribution is 6.30. The molecule has 1 aliphatic rings. The molecule has 1 amide bonds. The van der Waals surface area contributed by atoms with Crippen LogP contribution < -0.4 is 4.90 Å². The van der Waals surface area contributed by atoms with E-state index in [1.807, 2.05) is 60.7 Å². The molecule has 1 N–H and O–H groups in total. The van der Waals surface area contributed by atoms with Crippen LogP contribution in [-0.4, -0.2) is 22.7 Å².